The van der Waals surface area contributed by atoms with E-state index in [1.165, 1.54) is 0 Å². The monoisotopic (exact) mass is 224 g/mol. The standard InChI is InChI=1S/C11H17N2OP/c1-4-10(12)13-11-7(2)5-8(15)6-9(11)14-3/h5-6H,4,15H2,1-3H3,(H2,12,13). The Morgan fingerprint density at radius 2 is 2.20 bits per heavy atom. The van der Waals surface area contributed by atoms with Gasteiger partial charge in [0.15, 0.2) is 0 Å². The summed E-state index contributed by atoms with van der Waals surface area (Å²) in [7, 11) is 4.29. The summed E-state index contributed by atoms with van der Waals surface area (Å²) < 4.78 is 5.28. The molecule has 1 aromatic rings. The number of methoxy groups -OCH3 is 1. The van der Waals surface area contributed by atoms with Crippen LogP contribution in [0.15, 0.2) is 17.1 Å². The fraction of sp³-hybridized carbons (Fsp3) is 0.364. The van der Waals surface area contributed by atoms with Crippen LogP contribution in [0.2, 0.25) is 0 Å². The Bertz CT molecular complexity index is 388. The molecule has 0 heterocycles. The zero-order chi connectivity index (χ0) is 11.4. The number of aliphatic imine (C=N–C) groups is 1. The predicted molar refractivity (Wildman–Crippen MR) is 68.6 cm³/mol. The van der Waals surface area contributed by atoms with E-state index in [0.29, 0.717) is 5.84 Å². The highest BCUT2D eigenvalue weighted by Gasteiger charge is 2.06. The van der Waals surface area contributed by atoms with Crippen LogP contribution in [-0.4, -0.2) is 12.9 Å². The largest absolute Gasteiger partial charge is 0.494 e. The third kappa shape index (κ3) is 2.93. The molecule has 2 N–H and O–H groups in total. The van der Waals surface area contributed by atoms with Gasteiger partial charge in [-0.1, -0.05) is 6.92 Å². The zero-order valence-electron chi connectivity index (χ0n) is 9.37. The van der Waals surface area contributed by atoms with Crippen molar-refractivity contribution < 1.29 is 4.74 Å². The van der Waals surface area contributed by atoms with E-state index in [9.17, 15) is 0 Å². The molecule has 0 aliphatic carbocycles. The van der Waals surface area contributed by atoms with Gasteiger partial charge in [-0.25, -0.2) is 4.99 Å². The SMILES string of the molecule is CCC(N)=Nc1c(C)cc(P)cc1OC. The molecule has 82 valence electrons. The van der Waals surface area contributed by atoms with E-state index in [4.69, 9.17) is 10.5 Å². The summed E-state index contributed by atoms with van der Waals surface area (Å²) in [5.41, 5.74) is 7.61. The molecule has 1 rings (SSSR count). The van der Waals surface area contributed by atoms with Gasteiger partial charge in [0.1, 0.15) is 11.4 Å². The van der Waals surface area contributed by atoms with Crippen molar-refractivity contribution in [1.82, 2.24) is 0 Å². The summed E-state index contributed by atoms with van der Waals surface area (Å²) in [6.45, 7) is 3.97. The Hall–Kier alpha value is -1.08. The third-order valence-electron chi connectivity index (χ3n) is 2.13. The molecule has 15 heavy (non-hydrogen) atoms. The molecule has 0 saturated carbocycles. The number of aryl methyl sites for hydroxylation is 1. The van der Waals surface area contributed by atoms with Gasteiger partial charge in [-0.15, -0.1) is 9.24 Å². The highest BCUT2D eigenvalue weighted by Crippen LogP contribution is 2.30. The molecule has 0 aromatic heterocycles. The maximum atomic E-state index is 5.72. The number of ether oxygens (including phenoxy) is 1. The van der Waals surface area contributed by atoms with E-state index in [0.717, 1.165) is 28.7 Å². The molecule has 0 radical (unpaired) electrons. The molecule has 0 aliphatic rings. The van der Waals surface area contributed by atoms with E-state index < -0.39 is 0 Å². The Kier molecular flexibility index (Phi) is 4.10. The van der Waals surface area contributed by atoms with Crippen LogP contribution in [-0.2, 0) is 0 Å². The topological polar surface area (TPSA) is 47.6 Å². The first-order valence-electron chi connectivity index (χ1n) is 4.85. The van der Waals surface area contributed by atoms with Crippen LogP contribution in [0.1, 0.15) is 18.9 Å². The quantitative estimate of drug-likeness (QED) is 0.484. The molecule has 3 nitrogen and oxygen atoms in total. The Morgan fingerprint density at radius 1 is 1.53 bits per heavy atom. The molecular formula is C11H17N2OP. The number of hydrogen-bond acceptors (Lipinski definition) is 2. The van der Waals surface area contributed by atoms with Crippen LogP contribution in [0.3, 0.4) is 0 Å². The van der Waals surface area contributed by atoms with Crippen molar-refractivity contribution in [2.45, 2.75) is 20.3 Å². The highest BCUT2D eigenvalue weighted by molar-refractivity contribution is 7.27. The minimum atomic E-state index is 0.618. The van der Waals surface area contributed by atoms with Gasteiger partial charge in [-0.05, 0) is 29.9 Å². The smallest absolute Gasteiger partial charge is 0.145 e. The zero-order valence-corrected chi connectivity index (χ0v) is 10.5. The Balaban J connectivity index is 3.27. The van der Waals surface area contributed by atoms with Crippen LogP contribution >= 0.6 is 9.24 Å². The van der Waals surface area contributed by atoms with E-state index in [2.05, 4.69) is 14.2 Å². The van der Waals surface area contributed by atoms with Crippen LogP contribution in [0.4, 0.5) is 5.69 Å². The van der Waals surface area contributed by atoms with E-state index in [-0.39, 0.29) is 0 Å². The molecule has 0 spiro atoms. The molecule has 0 bridgehead atoms. The molecule has 0 fully saturated rings. The van der Waals surface area contributed by atoms with Gasteiger partial charge in [0.2, 0.25) is 0 Å². The first kappa shape index (κ1) is 12.0. The lowest BCUT2D eigenvalue weighted by molar-refractivity contribution is 0.416. The van der Waals surface area contributed by atoms with Crippen LogP contribution < -0.4 is 15.8 Å². The Labute approximate surface area is 92.9 Å². The minimum Gasteiger partial charge on any atom is -0.494 e. The molecule has 0 amide bonds. The maximum absolute atomic E-state index is 5.72. The molecule has 0 saturated heterocycles. The molecule has 0 aliphatic heterocycles. The number of rotatable bonds is 3. The number of nitrogens with two attached hydrogens (primary N) is 1. The Morgan fingerprint density at radius 3 is 2.73 bits per heavy atom. The summed E-state index contributed by atoms with van der Waals surface area (Å²) in [6.07, 6.45) is 0.741. The van der Waals surface area contributed by atoms with Crippen molar-refractivity contribution in [3.05, 3.63) is 17.7 Å². The van der Waals surface area contributed by atoms with Gasteiger partial charge in [0, 0.05) is 6.42 Å². The highest BCUT2D eigenvalue weighted by atomic mass is 31.0. The van der Waals surface area contributed by atoms with Gasteiger partial charge in [-0.2, -0.15) is 0 Å². The van der Waals surface area contributed by atoms with Crippen molar-refractivity contribution in [3.8, 4) is 5.75 Å². The second-order valence-electron chi connectivity index (χ2n) is 3.35. The van der Waals surface area contributed by atoms with Gasteiger partial charge >= 0.3 is 0 Å². The van der Waals surface area contributed by atoms with Crippen molar-refractivity contribution in [3.63, 3.8) is 0 Å². The molecule has 1 aromatic carbocycles. The summed E-state index contributed by atoms with van der Waals surface area (Å²) in [5.74, 6) is 1.38. The fourth-order valence-corrected chi connectivity index (χ4v) is 1.70. The summed E-state index contributed by atoms with van der Waals surface area (Å²) in [6, 6.07) is 3.97. The normalized spacial score (nSPS) is 11.6. The van der Waals surface area contributed by atoms with Crippen molar-refractivity contribution in [1.29, 1.82) is 0 Å². The van der Waals surface area contributed by atoms with E-state index in [1.54, 1.807) is 7.11 Å². The number of benzene rings is 1. The maximum Gasteiger partial charge on any atom is 0.145 e. The van der Waals surface area contributed by atoms with Gasteiger partial charge < -0.3 is 10.5 Å². The summed E-state index contributed by atoms with van der Waals surface area (Å²) >= 11 is 0. The summed E-state index contributed by atoms with van der Waals surface area (Å²) in [5, 5.41) is 1.08. The molecule has 4 heteroatoms. The minimum absolute atomic E-state index is 0.618. The fourth-order valence-electron chi connectivity index (χ4n) is 1.30. The molecular weight excluding hydrogens is 207 g/mol. The number of hydrogen-bond donors (Lipinski definition) is 1. The molecule has 1 atom stereocenters. The van der Waals surface area contributed by atoms with Crippen LogP contribution in [0.25, 0.3) is 0 Å². The lowest BCUT2D eigenvalue weighted by Gasteiger charge is -2.09. The van der Waals surface area contributed by atoms with Crippen molar-refractivity contribution in [2.24, 2.45) is 10.7 Å². The van der Waals surface area contributed by atoms with Crippen molar-refractivity contribution >= 4 is 26.1 Å². The predicted octanol–water partition coefficient (Wildman–Crippen LogP) is 1.90. The van der Waals surface area contributed by atoms with Gasteiger partial charge in [0.05, 0.1) is 12.9 Å². The van der Waals surface area contributed by atoms with Gasteiger partial charge in [0.25, 0.3) is 0 Å². The lowest BCUT2D eigenvalue weighted by Crippen LogP contribution is -2.09. The second kappa shape index (κ2) is 5.13. The number of nitrogens with zero attached hydrogens (tertiary/aromatic N) is 1. The van der Waals surface area contributed by atoms with Crippen LogP contribution in [0.5, 0.6) is 5.75 Å². The summed E-state index contributed by atoms with van der Waals surface area (Å²) in [4.78, 5) is 4.35. The molecule has 1 unspecified atom stereocenters. The lowest BCUT2D eigenvalue weighted by atomic mass is 10.2. The average Bonchev–Trinajstić information content (AvgIpc) is 2.21. The third-order valence-corrected chi connectivity index (χ3v) is 2.46. The number of amidine groups is 1. The first-order valence-corrected chi connectivity index (χ1v) is 5.43. The van der Waals surface area contributed by atoms with Gasteiger partial charge in [-0.3, -0.25) is 0 Å². The average molecular weight is 224 g/mol. The van der Waals surface area contributed by atoms with Crippen molar-refractivity contribution in [2.75, 3.05) is 7.11 Å². The van der Waals surface area contributed by atoms with Crippen LogP contribution in [0, 0.1) is 6.92 Å². The first-order chi connectivity index (χ1) is 7.08. The van der Waals surface area contributed by atoms with E-state index in [1.807, 2.05) is 26.0 Å². The van der Waals surface area contributed by atoms with E-state index >= 15 is 0 Å². The second-order valence-corrected chi connectivity index (χ2v) is 4.01.